The third-order valence-corrected chi connectivity index (χ3v) is 8.05. The minimum Gasteiger partial charge on any atom is -0.494 e. The van der Waals surface area contributed by atoms with Crippen LogP contribution in [0.4, 0.5) is 11.4 Å². The number of rotatable bonds is 10. The van der Waals surface area contributed by atoms with Crippen molar-refractivity contribution in [3.63, 3.8) is 0 Å². The molecule has 0 atom stereocenters. The standard InChI is InChI=1S/C40H28ClN5O2/c41-32-20-21-35-33(22-32)37(40(48)46(35)27-29-14-6-2-7-15-29)38(39(47)31-16-8-3-9-17-31)44-34-18-10-11-19-36(34)45(26-30(23-42)24-43)25-28-12-4-1-5-13-28/h1-22,26,48H,25,27H2. The number of Topliss-reactive ketones (excluding diaryl/α,β-unsaturated/α-hetero) is 1. The lowest BCUT2D eigenvalue weighted by Crippen LogP contribution is -2.18. The van der Waals surface area contributed by atoms with Crippen molar-refractivity contribution in [1.29, 1.82) is 10.5 Å². The van der Waals surface area contributed by atoms with Gasteiger partial charge >= 0.3 is 0 Å². The summed E-state index contributed by atoms with van der Waals surface area (Å²) in [6.07, 6.45) is 1.48. The van der Waals surface area contributed by atoms with Crippen LogP contribution in [-0.4, -0.2) is 21.2 Å². The van der Waals surface area contributed by atoms with E-state index in [2.05, 4.69) is 0 Å². The van der Waals surface area contributed by atoms with Gasteiger partial charge < -0.3 is 14.6 Å². The Morgan fingerprint density at radius 2 is 1.42 bits per heavy atom. The minimum atomic E-state index is -0.403. The number of allylic oxidation sites excluding steroid dienone is 1. The van der Waals surface area contributed by atoms with Crippen LogP contribution in [0.2, 0.25) is 5.02 Å². The smallest absolute Gasteiger partial charge is 0.212 e. The molecule has 6 rings (SSSR count). The van der Waals surface area contributed by atoms with Gasteiger partial charge in [0.05, 0.1) is 29.0 Å². The van der Waals surface area contributed by atoms with Crippen molar-refractivity contribution in [2.75, 3.05) is 4.90 Å². The van der Waals surface area contributed by atoms with Gasteiger partial charge in [0.2, 0.25) is 11.7 Å². The highest BCUT2D eigenvalue weighted by Gasteiger charge is 2.27. The summed E-state index contributed by atoms with van der Waals surface area (Å²) in [6, 6.07) is 44.4. The van der Waals surface area contributed by atoms with Crippen LogP contribution in [0.1, 0.15) is 27.0 Å². The highest BCUT2D eigenvalue weighted by Crippen LogP contribution is 2.38. The third kappa shape index (κ3) is 6.73. The number of hydrogen-bond donors (Lipinski definition) is 1. The molecule has 6 aromatic rings. The third-order valence-electron chi connectivity index (χ3n) is 7.81. The van der Waals surface area contributed by atoms with Gasteiger partial charge in [-0.2, -0.15) is 10.5 Å². The Bertz CT molecular complexity index is 2230. The predicted octanol–water partition coefficient (Wildman–Crippen LogP) is 8.99. The number of hydrogen-bond acceptors (Lipinski definition) is 6. The first-order valence-electron chi connectivity index (χ1n) is 15.1. The number of nitrogens with zero attached hydrogens (tertiary/aromatic N) is 5. The molecule has 1 heterocycles. The Hall–Kier alpha value is -6.41. The summed E-state index contributed by atoms with van der Waals surface area (Å²) in [4.78, 5) is 21.2. The van der Waals surface area contributed by atoms with E-state index >= 15 is 0 Å². The molecule has 48 heavy (non-hydrogen) atoms. The molecule has 0 unspecified atom stereocenters. The van der Waals surface area contributed by atoms with Crippen molar-refractivity contribution in [2.45, 2.75) is 13.1 Å². The second kappa shape index (κ2) is 14.3. The quantitative estimate of drug-likeness (QED) is 0.0909. The van der Waals surface area contributed by atoms with E-state index in [0.29, 0.717) is 46.0 Å². The van der Waals surface area contributed by atoms with Gasteiger partial charge in [0.1, 0.15) is 23.4 Å². The summed E-state index contributed by atoms with van der Waals surface area (Å²) in [5.41, 5.74) is 4.05. The van der Waals surface area contributed by atoms with Crippen molar-refractivity contribution in [1.82, 2.24) is 4.57 Å². The molecular weight excluding hydrogens is 618 g/mol. The zero-order valence-electron chi connectivity index (χ0n) is 25.7. The molecule has 1 aromatic heterocycles. The van der Waals surface area contributed by atoms with Crippen molar-refractivity contribution < 1.29 is 9.90 Å². The van der Waals surface area contributed by atoms with Gasteiger partial charge in [-0.1, -0.05) is 115 Å². The Kier molecular flexibility index (Phi) is 9.44. The van der Waals surface area contributed by atoms with E-state index in [1.807, 2.05) is 97.1 Å². The molecule has 0 saturated heterocycles. The van der Waals surface area contributed by atoms with E-state index in [1.165, 1.54) is 6.20 Å². The van der Waals surface area contributed by atoms with Gasteiger partial charge in [-0.15, -0.1) is 0 Å². The van der Waals surface area contributed by atoms with E-state index in [9.17, 15) is 20.4 Å². The second-order valence-electron chi connectivity index (χ2n) is 11.0. The molecule has 0 aliphatic carbocycles. The minimum absolute atomic E-state index is 0.00894. The number of nitriles is 2. The maximum atomic E-state index is 14.4. The number of para-hydroxylation sites is 2. The van der Waals surface area contributed by atoms with Crippen LogP contribution in [0.25, 0.3) is 10.9 Å². The van der Waals surface area contributed by atoms with Crippen LogP contribution < -0.4 is 4.90 Å². The molecule has 0 fully saturated rings. The summed E-state index contributed by atoms with van der Waals surface area (Å²) >= 11 is 6.51. The van der Waals surface area contributed by atoms with E-state index in [-0.39, 0.29) is 22.7 Å². The summed E-state index contributed by atoms with van der Waals surface area (Å²) < 4.78 is 1.74. The monoisotopic (exact) mass is 645 g/mol. The molecule has 0 spiro atoms. The lowest BCUT2D eigenvalue weighted by molar-refractivity contribution is 0.106. The van der Waals surface area contributed by atoms with E-state index in [1.54, 1.807) is 58.0 Å². The van der Waals surface area contributed by atoms with Gasteiger partial charge in [-0.25, -0.2) is 4.99 Å². The fraction of sp³-hybridized carbons (Fsp3) is 0.0500. The van der Waals surface area contributed by atoms with Crippen LogP contribution in [0.15, 0.2) is 150 Å². The largest absolute Gasteiger partial charge is 0.494 e. The number of halogens is 1. The van der Waals surface area contributed by atoms with Crippen LogP contribution in [0.3, 0.4) is 0 Å². The molecule has 7 nitrogen and oxygen atoms in total. The molecule has 232 valence electrons. The van der Waals surface area contributed by atoms with Gasteiger partial charge in [0.25, 0.3) is 0 Å². The van der Waals surface area contributed by atoms with Crippen molar-refractivity contribution in [2.24, 2.45) is 4.99 Å². The number of carbonyl (C=O) groups is 1. The molecular formula is C40H28ClN5O2. The van der Waals surface area contributed by atoms with E-state index in [0.717, 1.165) is 11.1 Å². The maximum absolute atomic E-state index is 14.4. The van der Waals surface area contributed by atoms with Crippen LogP contribution >= 0.6 is 11.6 Å². The summed E-state index contributed by atoms with van der Waals surface area (Å²) in [5, 5.41) is 32.2. The molecule has 0 saturated carbocycles. The number of benzene rings is 5. The number of anilines is 1. The van der Waals surface area contributed by atoms with Crippen LogP contribution in [0.5, 0.6) is 5.88 Å². The molecule has 1 N–H and O–H groups in total. The SMILES string of the molecule is N#CC(C#N)=CN(Cc1ccccc1)c1ccccc1N=C(C(=O)c1ccccc1)c1c(O)n(Cc2ccccc2)c2ccc(Cl)cc12. The van der Waals surface area contributed by atoms with Gasteiger partial charge in [0.15, 0.2) is 0 Å². The molecule has 0 aliphatic rings. The van der Waals surface area contributed by atoms with Crippen molar-refractivity contribution in [3.8, 4) is 18.0 Å². The average Bonchev–Trinajstić information content (AvgIpc) is 3.39. The normalized spacial score (nSPS) is 11.0. The highest BCUT2D eigenvalue weighted by atomic mass is 35.5. The lowest BCUT2D eigenvalue weighted by Gasteiger charge is -2.23. The summed E-state index contributed by atoms with van der Waals surface area (Å²) in [7, 11) is 0. The second-order valence-corrected chi connectivity index (χ2v) is 11.4. The molecule has 8 heteroatoms. The molecule has 0 aliphatic heterocycles. The van der Waals surface area contributed by atoms with E-state index in [4.69, 9.17) is 16.6 Å². The number of aliphatic imine (C=N–C) groups is 1. The number of ketones is 1. The van der Waals surface area contributed by atoms with Crippen LogP contribution in [-0.2, 0) is 13.1 Å². The fourth-order valence-corrected chi connectivity index (χ4v) is 5.73. The lowest BCUT2D eigenvalue weighted by atomic mass is 9.99. The zero-order valence-corrected chi connectivity index (χ0v) is 26.4. The zero-order chi connectivity index (χ0) is 33.5. The Morgan fingerprint density at radius 3 is 2.08 bits per heavy atom. The van der Waals surface area contributed by atoms with Gasteiger partial charge in [-0.3, -0.25) is 4.79 Å². The van der Waals surface area contributed by atoms with Crippen LogP contribution in [0, 0.1) is 22.7 Å². The first kappa shape index (κ1) is 31.6. The topological polar surface area (TPSA) is 105 Å². The average molecular weight is 646 g/mol. The molecule has 0 bridgehead atoms. The maximum Gasteiger partial charge on any atom is 0.212 e. The molecule has 5 aromatic carbocycles. The molecule has 0 amide bonds. The number of aromatic hydroxyl groups is 1. The van der Waals surface area contributed by atoms with E-state index < -0.39 is 5.78 Å². The molecule has 0 radical (unpaired) electrons. The predicted molar refractivity (Wildman–Crippen MR) is 190 cm³/mol. The van der Waals surface area contributed by atoms with Crippen molar-refractivity contribution in [3.05, 3.63) is 173 Å². The summed E-state index contributed by atoms with van der Waals surface area (Å²) in [6.45, 7) is 0.661. The number of carbonyl (C=O) groups excluding carboxylic acids is 1. The fourth-order valence-electron chi connectivity index (χ4n) is 5.56. The Labute approximate surface area is 283 Å². The van der Waals surface area contributed by atoms with Gasteiger partial charge in [-0.05, 0) is 41.5 Å². The number of fused-ring (bicyclic) bond motifs is 1. The first-order chi connectivity index (χ1) is 23.5. The Morgan fingerprint density at radius 1 is 0.812 bits per heavy atom. The Balaban J connectivity index is 1.60. The summed E-state index contributed by atoms with van der Waals surface area (Å²) in [5.74, 6) is -0.534. The van der Waals surface area contributed by atoms with Gasteiger partial charge in [0, 0.05) is 28.7 Å². The highest BCUT2D eigenvalue weighted by molar-refractivity contribution is 6.54. The number of aromatic nitrogens is 1. The van der Waals surface area contributed by atoms with Crippen molar-refractivity contribution >= 4 is 45.4 Å². The first-order valence-corrected chi connectivity index (χ1v) is 15.5.